The molecule has 0 aliphatic carbocycles. The number of hydrogen-bond donors (Lipinski definition) is 2. The van der Waals surface area contributed by atoms with E-state index in [9.17, 15) is 13.2 Å². The van der Waals surface area contributed by atoms with Crippen molar-refractivity contribution in [2.45, 2.75) is 24.8 Å². The zero-order chi connectivity index (χ0) is 22.1. The summed E-state index contributed by atoms with van der Waals surface area (Å²) in [5.74, 6) is 0.822. The lowest BCUT2D eigenvalue weighted by Crippen LogP contribution is -2.22. The molecular weight excluding hydrogens is 416 g/mol. The van der Waals surface area contributed by atoms with E-state index in [2.05, 4.69) is 10.0 Å². The molecule has 0 saturated carbocycles. The van der Waals surface area contributed by atoms with Gasteiger partial charge in [0.2, 0.25) is 15.9 Å². The highest BCUT2D eigenvalue weighted by molar-refractivity contribution is 7.89. The average Bonchev–Trinajstić information content (AvgIpc) is 3.30. The van der Waals surface area contributed by atoms with Gasteiger partial charge in [0.15, 0.2) is 0 Å². The largest absolute Gasteiger partial charge is 0.491 e. The Kier molecular flexibility index (Phi) is 7.64. The second-order valence-corrected chi connectivity index (χ2v) is 8.41. The van der Waals surface area contributed by atoms with Crippen molar-refractivity contribution in [3.63, 3.8) is 0 Å². The average molecular weight is 441 g/mol. The van der Waals surface area contributed by atoms with Gasteiger partial charge in [-0.3, -0.25) is 4.79 Å². The van der Waals surface area contributed by atoms with Gasteiger partial charge in [0.05, 0.1) is 30.0 Å². The van der Waals surface area contributed by atoms with Gasteiger partial charge in [0, 0.05) is 6.08 Å². The van der Waals surface area contributed by atoms with E-state index in [1.165, 1.54) is 24.5 Å². The Morgan fingerprint density at radius 2 is 1.84 bits per heavy atom. The van der Waals surface area contributed by atoms with E-state index in [0.29, 0.717) is 29.4 Å². The summed E-state index contributed by atoms with van der Waals surface area (Å²) in [5, 5.41) is 2.79. The minimum Gasteiger partial charge on any atom is -0.491 e. The van der Waals surface area contributed by atoms with Gasteiger partial charge in [-0.15, -0.1) is 0 Å². The number of hydrogen-bond acceptors (Lipinski definition) is 5. The van der Waals surface area contributed by atoms with E-state index in [1.807, 2.05) is 19.1 Å². The highest BCUT2D eigenvalue weighted by atomic mass is 32.2. The van der Waals surface area contributed by atoms with Crippen molar-refractivity contribution in [2.75, 3.05) is 11.9 Å². The van der Waals surface area contributed by atoms with Crippen molar-refractivity contribution >= 4 is 27.7 Å². The molecule has 1 heterocycles. The molecule has 0 atom stereocenters. The fourth-order valence-corrected chi connectivity index (χ4v) is 3.67. The number of carbonyl (C=O) groups is 1. The molecule has 0 saturated heterocycles. The van der Waals surface area contributed by atoms with Crippen LogP contribution in [-0.4, -0.2) is 20.9 Å². The number of sulfonamides is 1. The fraction of sp³-hybridized carbons (Fsp3) is 0.174. The summed E-state index contributed by atoms with van der Waals surface area (Å²) in [4.78, 5) is 12.4. The molecule has 31 heavy (non-hydrogen) atoms. The molecule has 3 rings (SSSR count). The lowest BCUT2D eigenvalue weighted by molar-refractivity contribution is -0.111. The Labute approximate surface area is 181 Å². The maximum Gasteiger partial charge on any atom is 0.248 e. The van der Waals surface area contributed by atoms with Crippen molar-refractivity contribution in [3.05, 3.63) is 84.3 Å². The minimum absolute atomic E-state index is 0.0700. The number of para-hydroxylation sites is 2. The van der Waals surface area contributed by atoms with E-state index < -0.39 is 10.0 Å². The molecule has 0 bridgehead atoms. The molecule has 0 spiro atoms. The summed E-state index contributed by atoms with van der Waals surface area (Å²) in [6.07, 6.45) is 5.34. The highest BCUT2D eigenvalue weighted by Crippen LogP contribution is 2.24. The summed E-state index contributed by atoms with van der Waals surface area (Å²) in [7, 11) is -3.66. The van der Waals surface area contributed by atoms with Gasteiger partial charge in [-0.1, -0.05) is 31.2 Å². The Balaban J connectivity index is 1.59. The Bertz CT molecular complexity index is 1120. The first-order chi connectivity index (χ1) is 15.0. The van der Waals surface area contributed by atoms with Gasteiger partial charge in [-0.2, -0.15) is 0 Å². The number of amides is 1. The summed E-state index contributed by atoms with van der Waals surface area (Å²) in [6.45, 7) is 2.64. The van der Waals surface area contributed by atoms with Crippen LogP contribution in [0, 0.1) is 0 Å². The van der Waals surface area contributed by atoms with Crippen molar-refractivity contribution in [3.8, 4) is 5.75 Å². The monoisotopic (exact) mass is 440 g/mol. The predicted molar refractivity (Wildman–Crippen MR) is 119 cm³/mol. The van der Waals surface area contributed by atoms with Crippen LogP contribution >= 0.6 is 0 Å². The Morgan fingerprint density at radius 1 is 1.06 bits per heavy atom. The van der Waals surface area contributed by atoms with Crippen LogP contribution in [0.1, 0.15) is 24.7 Å². The van der Waals surface area contributed by atoms with Gasteiger partial charge in [0.1, 0.15) is 11.5 Å². The van der Waals surface area contributed by atoms with Crippen LogP contribution in [-0.2, 0) is 21.4 Å². The van der Waals surface area contributed by atoms with E-state index in [1.54, 1.807) is 42.5 Å². The maximum absolute atomic E-state index is 12.4. The number of carbonyl (C=O) groups excluding carboxylic acids is 1. The number of ether oxygens (including phenoxy) is 1. The second-order valence-electron chi connectivity index (χ2n) is 6.64. The van der Waals surface area contributed by atoms with Gasteiger partial charge in [0.25, 0.3) is 0 Å². The second kappa shape index (κ2) is 10.6. The summed E-state index contributed by atoms with van der Waals surface area (Å²) >= 11 is 0. The number of anilines is 1. The number of nitrogens with one attached hydrogen (secondary N) is 2. The molecule has 162 valence electrons. The fourth-order valence-electron chi connectivity index (χ4n) is 2.67. The highest BCUT2D eigenvalue weighted by Gasteiger charge is 2.14. The summed E-state index contributed by atoms with van der Waals surface area (Å²) in [6, 6.07) is 16.8. The third kappa shape index (κ3) is 6.56. The molecule has 1 aromatic heterocycles. The molecule has 2 N–H and O–H groups in total. The van der Waals surface area contributed by atoms with Gasteiger partial charge < -0.3 is 14.5 Å². The molecule has 8 heteroatoms. The zero-order valence-electron chi connectivity index (χ0n) is 17.1. The van der Waals surface area contributed by atoms with Crippen molar-refractivity contribution in [1.29, 1.82) is 0 Å². The SMILES string of the molecule is CCCOc1ccccc1NC(=O)/C=C/c1ccc(S(=O)(=O)NCc2ccco2)cc1. The van der Waals surface area contributed by atoms with Crippen molar-refractivity contribution < 1.29 is 22.4 Å². The Hall–Kier alpha value is -3.36. The molecule has 0 fully saturated rings. The number of benzene rings is 2. The third-order valence-corrected chi connectivity index (χ3v) is 5.66. The topological polar surface area (TPSA) is 97.6 Å². The van der Waals surface area contributed by atoms with E-state index in [-0.39, 0.29) is 17.3 Å². The van der Waals surface area contributed by atoms with Gasteiger partial charge in [-0.25, -0.2) is 13.1 Å². The van der Waals surface area contributed by atoms with Crippen molar-refractivity contribution in [1.82, 2.24) is 4.72 Å². The van der Waals surface area contributed by atoms with E-state index >= 15 is 0 Å². The van der Waals surface area contributed by atoms with Crippen LogP contribution in [0.15, 0.2) is 82.3 Å². The minimum atomic E-state index is -3.66. The number of furan rings is 1. The molecular formula is C23H24N2O5S. The molecule has 7 nitrogen and oxygen atoms in total. The molecule has 0 aliphatic rings. The molecule has 2 aromatic carbocycles. The summed E-state index contributed by atoms with van der Waals surface area (Å²) in [5.41, 5.74) is 1.28. The first-order valence-corrected chi connectivity index (χ1v) is 11.3. The van der Waals surface area contributed by atoms with Gasteiger partial charge >= 0.3 is 0 Å². The van der Waals surface area contributed by atoms with Crippen LogP contribution in [0.25, 0.3) is 6.08 Å². The number of rotatable bonds is 10. The van der Waals surface area contributed by atoms with Crippen molar-refractivity contribution in [2.24, 2.45) is 0 Å². The van der Waals surface area contributed by atoms with Gasteiger partial charge in [-0.05, 0) is 54.5 Å². The normalized spacial score (nSPS) is 11.5. The van der Waals surface area contributed by atoms with Crippen LogP contribution < -0.4 is 14.8 Å². The standard InChI is InChI=1S/C23H24N2O5S/c1-2-15-30-22-8-4-3-7-21(22)25-23(26)14-11-18-9-12-20(13-10-18)31(27,28)24-17-19-6-5-16-29-19/h3-14,16,24H,2,15,17H2,1H3,(H,25,26)/b14-11+. The van der Waals surface area contributed by atoms with Crippen LogP contribution in [0.3, 0.4) is 0 Å². The van der Waals surface area contributed by atoms with E-state index in [4.69, 9.17) is 9.15 Å². The van der Waals surface area contributed by atoms with Crippen LogP contribution in [0.5, 0.6) is 5.75 Å². The van der Waals surface area contributed by atoms with Crippen LogP contribution in [0.2, 0.25) is 0 Å². The quantitative estimate of drug-likeness (QED) is 0.461. The molecule has 0 radical (unpaired) electrons. The Morgan fingerprint density at radius 3 is 2.55 bits per heavy atom. The maximum atomic E-state index is 12.4. The summed E-state index contributed by atoms with van der Waals surface area (Å²) < 4.78 is 38.0. The lowest BCUT2D eigenvalue weighted by Gasteiger charge is -2.10. The first-order valence-electron chi connectivity index (χ1n) is 9.81. The van der Waals surface area contributed by atoms with Crippen LogP contribution in [0.4, 0.5) is 5.69 Å². The molecule has 0 aliphatic heterocycles. The zero-order valence-corrected chi connectivity index (χ0v) is 17.9. The molecule has 1 amide bonds. The molecule has 0 unspecified atom stereocenters. The lowest BCUT2D eigenvalue weighted by atomic mass is 10.2. The first kappa shape index (κ1) is 22.3. The molecule has 3 aromatic rings. The third-order valence-electron chi connectivity index (χ3n) is 4.24. The van der Waals surface area contributed by atoms with E-state index in [0.717, 1.165) is 6.42 Å². The smallest absolute Gasteiger partial charge is 0.248 e. The predicted octanol–water partition coefficient (Wildman–Crippen LogP) is 4.20.